The fraction of sp³-hybridized carbons (Fsp3) is 0.353. The molecule has 1 aromatic carbocycles. The standard InChI is InChI=1S/C17H21N3O3/c1-11(12-8-6-5-7-9-12)18-10-13-14(21)19-16(23)20(15(13)22)17(2,3)4/h5-11,22H,1-4H3,(H,19,21,23). The van der Waals surface area contributed by atoms with Crippen molar-refractivity contribution < 1.29 is 5.11 Å². The molecule has 0 aliphatic heterocycles. The Balaban J connectivity index is 2.47. The average molecular weight is 315 g/mol. The van der Waals surface area contributed by atoms with Crippen molar-refractivity contribution in [2.24, 2.45) is 4.99 Å². The lowest BCUT2D eigenvalue weighted by Gasteiger charge is -2.23. The molecule has 2 N–H and O–H groups in total. The number of hydrogen-bond acceptors (Lipinski definition) is 4. The van der Waals surface area contributed by atoms with Crippen LogP contribution in [0.5, 0.6) is 5.88 Å². The largest absolute Gasteiger partial charge is 0.494 e. The van der Waals surface area contributed by atoms with Gasteiger partial charge in [0.05, 0.1) is 6.04 Å². The molecule has 2 rings (SSSR count). The fourth-order valence-corrected chi connectivity index (χ4v) is 2.28. The van der Waals surface area contributed by atoms with E-state index in [0.29, 0.717) is 0 Å². The van der Waals surface area contributed by atoms with Crippen molar-refractivity contribution in [1.29, 1.82) is 0 Å². The molecule has 1 unspecified atom stereocenters. The topological polar surface area (TPSA) is 87.4 Å². The van der Waals surface area contributed by atoms with Gasteiger partial charge in [-0.3, -0.25) is 19.3 Å². The number of aromatic amines is 1. The van der Waals surface area contributed by atoms with E-state index in [0.717, 1.165) is 10.1 Å². The van der Waals surface area contributed by atoms with Crippen LogP contribution in [0.3, 0.4) is 0 Å². The number of aliphatic imine (C=N–C) groups is 1. The van der Waals surface area contributed by atoms with Gasteiger partial charge in [0.1, 0.15) is 5.56 Å². The molecule has 0 fully saturated rings. The van der Waals surface area contributed by atoms with Crippen molar-refractivity contribution in [1.82, 2.24) is 9.55 Å². The van der Waals surface area contributed by atoms with Crippen molar-refractivity contribution in [3.63, 3.8) is 0 Å². The molecule has 122 valence electrons. The summed E-state index contributed by atoms with van der Waals surface area (Å²) in [5.41, 5.74) is -1.00. The minimum atomic E-state index is -0.668. The number of hydrogen-bond donors (Lipinski definition) is 2. The van der Waals surface area contributed by atoms with E-state index in [1.165, 1.54) is 6.21 Å². The van der Waals surface area contributed by atoms with Gasteiger partial charge in [-0.15, -0.1) is 0 Å². The van der Waals surface area contributed by atoms with E-state index in [1.54, 1.807) is 20.8 Å². The van der Waals surface area contributed by atoms with E-state index in [1.807, 2.05) is 37.3 Å². The summed E-state index contributed by atoms with van der Waals surface area (Å²) >= 11 is 0. The first-order valence-electron chi connectivity index (χ1n) is 7.38. The summed E-state index contributed by atoms with van der Waals surface area (Å²) in [6, 6.07) is 9.42. The lowest BCUT2D eigenvalue weighted by atomic mass is 10.1. The Morgan fingerprint density at radius 3 is 2.39 bits per heavy atom. The van der Waals surface area contributed by atoms with Gasteiger partial charge in [0.25, 0.3) is 5.56 Å². The van der Waals surface area contributed by atoms with E-state index >= 15 is 0 Å². The van der Waals surface area contributed by atoms with Crippen LogP contribution in [0.1, 0.15) is 44.9 Å². The van der Waals surface area contributed by atoms with Crippen molar-refractivity contribution in [2.75, 3.05) is 0 Å². The Bertz CT molecular complexity index is 827. The zero-order chi connectivity index (χ0) is 17.2. The second-order valence-electron chi connectivity index (χ2n) is 6.37. The number of benzene rings is 1. The van der Waals surface area contributed by atoms with Gasteiger partial charge >= 0.3 is 5.69 Å². The first-order valence-corrected chi connectivity index (χ1v) is 7.38. The van der Waals surface area contributed by atoms with E-state index in [4.69, 9.17) is 0 Å². The van der Waals surface area contributed by atoms with Crippen LogP contribution >= 0.6 is 0 Å². The van der Waals surface area contributed by atoms with E-state index in [2.05, 4.69) is 9.98 Å². The summed E-state index contributed by atoms with van der Waals surface area (Å²) in [6.45, 7) is 7.18. The summed E-state index contributed by atoms with van der Waals surface area (Å²) in [6.07, 6.45) is 1.31. The van der Waals surface area contributed by atoms with Crippen LogP contribution in [-0.4, -0.2) is 20.9 Å². The molecular weight excluding hydrogens is 294 g/mol. The summed E-state index contributed by atoms with van der Waals surface area (Å²) < 4.78 is 1.14. The Hall–Kier alpha value is -2.63. The first-order chi connectivity index (χ1) is 10.7. The van der Waals surface area contributed by atoms with Gasteiger partial charge in [-0.05, 0) is 33.3 Å². The third kappa shape index (κ3) is 3.59. The van der Waals surface area contributed by atoms with Gasteiger partial charge < -0.3 is 5.11 Å². The third-order valence-corrected chi connectivity index (χ3v) is 3.50. The number of aromatic hydroxyl groups is 1. The molecule has 0 bridgehead atoms. The number of rotatable bonds is 3. The molecule has 6 heteroatoms. The monoisotopic (exact) mass is 315 g/mol. The second-order valence-corrected chi connectivity index (χ2v) is 6.37. The first kappa shape index (κ1) is 16.7. The molecule has 0 saturated heterocycles. The van der Waals surface area contributed by atoms with Crippen LogP contribution in [0.25, 0.3) is 0 Å². The van der Waals surface area contributed by atoms with Gasteiger partial charge in [0.2, 0.25) is 5.88 Å². The van der Waals surface area contributed by atoms with Gasteiger partial charge in [-0.2, -0.15) is 0 Å². The lowest BCUT2D eigenvalue weighted by Crippen LogP contribution is -2.40. The van der Waals surface area contributed by atoms with Crippen LogP contribution in [0.2, 0.25) is 0 Å². The number of aromatic nitrogens is 2. The zero-order valence-corrected chi connectivity index (χ0v) is 13.7. The Kier molecular flexibility index (Phi) is 4.54. The molecule has 0 spiro atoms. The summed E-state index contributed by atoms with van der Waals surface area (Å²) in [5, 5.41) is 10.3. The Morgan fingerprint density at radius 1 is 1.22 bits per heavy atom. The minimum absolute atomic E-state index is 0.0256. The highest BCUT2D eigenvalue weighted by Gasteiger charge is 2.22. The zero-order valence-electron chi connectivity index (χ0n) is 13.7. The predicted molar refractivity (Wildman–Crippen MR) is 90.4 cm³/mol. The molecule has 1 heterocycles. The number of H-pyrrole nitrogens is 1. The highest BCUT2D eigenvalue weighted by molar-refractivity contribution is 5.82. The van der Waals surface area contributed by atoms with Crippen LogP contribution in [0.4, 0.5) is 0 Å². The fourth-order valence-electron chi connectivity index (χ4n) is 2.28. The van der Waals surface area contributed by atoms with E-state index in [9.17, 15) is 14.7 Å². The van der Waals surface area contributed by atoms with Crippen molar-refractivity contribution in [2.45, 2.75) is 39.3 Å². The number of nitrogens with one attached hydrogen (secondary N) is 1. The lowest BCUT2D eigenvalue weighted by molar-refractivity contribution is 0.305. The van der Waals surface area contributed by atoms with E-state index in [-0.39, 0.29) is 17.5 Å². The highest BCUT2D eigenvalue weighted by Crippen LogP contribution is 2.20. The Labute approximate surface area is 134 Å². The maximum atomic E-state index is 12.0. The molecule has 0 aliphatic carbocycles. The molecule has 0 radical (unpaired) electrons. The van der Waals surface area contributed by atoms with Crippen molar-refractivity contribution >= 4 is 6.21 Å². The molecule has 0 amide bonds. The van der Waals surface area contributed by atoms with Crippen molar-refractivity contribution in [3.05, 3.63) is 62.3 Å². The Morgan fingerprint density at radius 2 is 1.83 bits per heavy atom. The molecule has 0 saturated carbocycles. The smallest absolute Gasteiger partial charge is 0.331 e. The van der Waals surface area contributed by atoms with Crippen LogP contribution < -0.4 is 11.2 Å². The average Bonchev–Trinajstić information content (AvgIpc) is 2.45. The maximum Gasteiger partial charge on any atom is 0.331 e. The molecule has 0 aliphatic rings. The molecule has 1 aromatic heterocycles. The molecule has 23 heavy (non-hydrogen) atoms. The van der Waals surface area contributed by atoms with E-state index < -0.39 is 16.8 Å². The third-order valence-electron chi connectivity index (χ3n) is 3.50. The quantitative estimate of drug-likeness (QED) is 0.851. The molecule has 2 aromatic rings. The second kappa shape index (κ2) is 6.24. The van der Waals surface area contributed by atoms with Crippen LogP contribution in [-0.2, 0) is 5.54 Å². The van der Waals surface area contributed by atoms with Crippen LogP contribution in [0.15, 0.2) is 44.9 Å². The minimum Gasteiger partial charge on any atom is -0.494 e. The van der Waals surface area contributed by atoms with Crippen molar-refractivity contribution in [3.8, 4) is 5.88 Å². The molecule has 6 nitrogen and oxygen atoms in total. The predicted octanol–water partition coefficient (Wildman–Crippen LogP) is 2.18. The molecule has 1 atom stereocenters. The van der Waals surface area contributed by atoms with Gasteiger partial charge in [0, 0.05) is 11.8 Å². The molecular formula is C17H21N3O3. The van der Waals surface area contributed by atoms with Crippen LogP contribution in [0, 0.1) is 0 Å². The van der Waals surface area contributed by atoms with Gasteiger partial charge in [-0.1, -0.05) is 30.3 Å². The number of nitrogens with zero attached hydrogens (tertiary/aromatic N) is 2. The summed E-state index contributed by atoms with van der Waals surface area (Å²) in [4.78, 5) is 30.4. The highest BCUT2D eigenvalue weighted by atomic mass is 16.3. The SMILES string of the molecule is CC(N=Cc1c(O)n(C(C)(C)C)c(=O)[nH]c1=O)c1ccccc1. The maximum absolute atomic E-state index is 12.0. The van der Waals surface area contributed by atoms with Gasteiger partial charge in [-0.25, -0.2) is 4.79 Å². The summed E-state index contributed by atoms with van der Waals surface area (Å²) in [7, 11) is 0. The normalized spacial score (nSPS) is 13.4. The summed E-state index contributed by atoms with van der Waals surface area (Å²) in [5.74, 6) is -0.379. The van der Waals surface area contributed by atoms with Gasteiger partial charge in [0.15, 0.2) is 0 Å².